The molecule has 1 heterocycles. The predicted molar refractivity (Wildman–Crippen MR) is 69.9 cm³/mol. The van der Waals surface area contributed by atoms with Crippen molar-refractivity contribution < 1.29 is 4.79 Å². The molecule has 1 unspecified atom stereocenters. The standard InChI is InChI=1S/C11H13ClN2OS/c12-8-1-2-9(13)10(5-8)14-11(15)7-3-4-16-6-7/h1-2,5,7H,3-4,6,13H2,(H,14,15). The number of thioether (sulfide) groups is 1. The summed E-state index contributed by atoms with van der Waals surface area (Å²) in [7, 11) is 0. The van der Waals surface area contributed by atoms with E-state index in [0.717, 1.165) is 17.9 Å². The molecule has 3 nitrogen and oxygen atoms in total. The summed E-state index contributed by atoms with van der Waals surface area (Å²) < 4.78 is 0. The zero-order chi connectivity index (χ0) is 11.5. The number of amides is 1. The van der Waals surface area contributed by atoms with Gasteiger partial charge in [0.2, 0.25) is 5.91 Å². The second-order valence-electron chi connectivity index (χ2n) is 3.78. The molecule has 5 heteroatoms. The number of rotatable bonds is 2. The Morgan fingerprint density at radius 3 is 3.06 bits per heavy atom. The van der Waals surface area contributed by atoms with Crippen molar-refractivity contribution in [2.75, 3.05) is 22.6 Å². The normalized spacial score (nSPS) is 19.7. The smallest absolute Gasteiger partial charge is 0.228 e. The van der Waals surface area contributed by atoms with Crippen LogP contribution in [0.5, 0.6) is 0 Å². The van der Waals surface area contributed by atoms with E-state index in [0.29, 0.717) is 16.4 Å². The lowest BCUT2D eigenvalue weighted by atomic mass is 10.1. The number of nitrogens with one attached hydrogen (secondary N) is 1. The summed E-state index contributed by atoms with van der Waals surface area (Å²) in [4.78, 5) is 11.9. The van der Waals surface area contributed by atoms with Crippen LogP contribution in [0.15, 0.2) is 18.2 Å². The second kappa shape index (κ2) is 4.97. The lowest BCUT2D eigenvalue weighted by molar-refractivity contribution is -0.119. The lowest BCUT2D eigenvalue weighted by Crippen LogP contribution is -2.22. The molecule has 0 bridgehead atoms. The van der Waals surface area contributed by atoms with Crippen molar-refractivity contribution in [2.45, 2.75) is 6.42 Å². The molecular weight excluding hydrogens is 244 g/mol. The number of nitrogens with two attached hydrogens (primary N) is 1. The maximum atomic E-state index is 11.9. The molecule has 0 spiro atoms. The van der Waals surface area contributed by atoms with Crippen molar-refractivity contribution in [2.24, 2.45) is 5.92 Å². The molecule has 0 aromatic heterocycles. The van der Waals surface area contributed by atoms with Gasteiger partial charge in [-0.15, -0.1) is 0 Å². The van der Waals surface area contributed by atoms with Crippen LogP contribution in [-0.2, 0) is 4.79 Å². The van der Waals surface area contributed by atoms with Crippen LogP contribution in [0.1, 0.15) is 6.42 Å². The van der Waals surface area contributed by atoms with Crippen molar-refractivity contribution in [1.82, 2.24) is 0 Å². The van der Waals surface area contributed by atoms with Crippen LogP contribution >= 0.6 is 23.4 Å². The fourth-order valence-corrected chi connectivity index (χ4v) is 3.01. The Hall–Kier alpha value is -0.870. The zero-order valence-corrected chi connectivity index (χ0v) is 10.3. The van der Waals surface area contributed by atoms with E-state index in [1.807, 2.05) is 11.8 Å². The highest BCUT2D eigenvalue weighted by atomic mass is 35.5. The van der Waals surface area contributed by atoms with Crippen molar-refractivity contribution in [3.63, 3.8) is 0 Å². The van der Waals surface area contributed by atoms with Crippen molar-refractivity contribution >= 4 is 40.6 Å². The van der Waals surface area contributed by atoms with Gasteiger partial charge in [-0.05, 0) is 30.4 Å². The highest BCUT2D eigenvalue weighted by molar-refractivity contribution is 7.99. The van der Waals surface area contributed by atoms with Crippen molar-refractivity contribution in [3.05, 3.63) is 23.2 Å². The maximum Gasteiger partial charge on any atom is 0.228 e. The molecule has 0 aliphatic carbocycles. The summed E-state index contributed by atoms with van der Waals surface area (Å²) in [6.45, 7) is 0. The third kappa shape index (κ3) is 2.62. The Kier molecular flexibility index (Phi) is 3.61. The Bertz CT molecular complexity index is 405. The molecule has 0 saturated carbocycles. The minimum Gasteiger partial charge on any atom is -0.397 e. The van der Waals surface area contributed by atoms with Gasteiger partial charge in [0.05, 0.1) is 11.4 Å². The topological polar surface area (TPSA) is 55.1 Å². The molecule has 16 heavy (non-hydrogen) atoms. The molecular formula is C11H13ClN2OS. The van der Waals surface area contributed by atoms with Gasteiger partial charge in [0.1, 0.15) is 0 Å². The average Bonchev–Trinajstić information content (AvgIpc) is 2.76. The van der Waals surface area contributed by atoms with Gasteiger partial charge in [-0.25, -0.2) is 0 Å². The van der Waals surface area contributed by atoms with Gasteiger partial charge in [0, 0.05) is 16.7 Å². The zero-order valence-electron chi connectivity index (χ0n) is 8.70. The van der Waals surface area contributed by atoms with E-state index in [-0.39, 0.29) is 11.8 Å². The van der Waals surface area contributed by atoms with Crippen LogP contribution in [0, 0.1) is 5.92 Å². The summed E-state index contributed by atoms with van der Waals surface area (Å²) in [5, 5.41) is 3.41. The van der Waals surface area contributed by atoms with Gasteiger partial charge < -0.3 is 11.1 Å². The van der Waals surface area contributed by atoms with Crippen molar-refractivity contribution in [1.29, 1.82) is 0 Å². The number of hydrogen-bond acceptors (Lipinski definition) is 3. The third-order valence-electron chi connectivity index (χ3n) is 2.57. The third-order valence-corrected chi connectivity index (χ3v) is 3.97. The molecule has 86 valence electrons. The monoisotopic (exact) mass is 256 g/mol. The number of halogens is 1. The number of nitrogen functional groups attached to an aromatic ring is 1. The number of hydrogen-bond donors (Lipinski definition) is 2. The predicted octanol–water partition coefficient (Wildman–Crippen LogP) is 2.61. The minimum atomic E-state index is 0.0407. The van der Waals surface area contributed by atoms with E-state index in [4.69, 9.17) is 17.3 Å². The van der Waals surface area contributed by atoms with E-state index in [9.17, 15) is 4.79 Å². The molecule has 0 radical (unpaired) electrons. The number of carbonyl (C=O) groups excluding carboxylic acids is 1. The fraction of sp³-hybridized carbons (Fsp3) is 0.364. The molecule has 1 saturated heterocycles. The van der Waals surface area contributed by atoms with Gasteiger partial charge in [-0.3, -0.25) is 4.79 Å². The summed E-state index contributed by atoms with van der Waals surface area (Å²) in [5.41, 5.74) is 6.91. The summed E-state index contributed by atoms with van der Waals surface area (Å²) in [6.07, 6.45) is 0.941. The summed E-state index contributed by atoms with van der Waals surface area (Å²) in [6, 6.07) is 5.08. The molecule has 1 amide bonds. The number of anilines is 2. The molecule has 1 atom stereocenters. The van der Waals surface area contributed by atoms with Gasteiger partial charge in [0.15, 0.2) is 0 Å². The summed E-state index contributed by atoms with van der Waals surface area (Å²) >= 11 is 7.66. The second-order valence-corrected chi connectivity index (χ2v) is 5.37. The molecule has 3 N–H and O–H groups in total. The first-order valence-corrected chi connectivity index (χ1v) is 6.64. The SMILES string of the molecule is Nc1ccc(Cl)cc1NC(=O)C1CCSC1. The van der Waals surface area contributed by atoms with Gasteiger partial charge >= 0.3 is 0 Å². The Morgan fingerprint density at radius 1 is 1.56 bits per heavy atom. The highest BCUT2D eigenvalue weighted by Gasteiger charge is 2.23. The number of benzene rings is 1. The van der Waals surface area contributed by atoms with Crippen molar-refractivity contribution in [3.8, 4) is 0 Å². The van der Waals surface area contributed by atoms with E-state index in [1.54, 1.807) is 18.2 Å². The van der Waals surface area contributed by atoms with Gasteiger partial charge in [-0.2, -0.15) is 11.8 Å². The van der Waals surface area contributed by atoms with E-state index >= 15 is 0 Å². The first-order chi connectivity index (χ1) is 7.66. The molecule has 2 rings (SSSR count). The summed E-state index contributed by atoms with van der Waals surface area (Å²) in [5.74, 6) is 2.09. The van der Waals surface area contributed by atoms with E-state index in [2.05, 4.69) is 5.32 Å². The molecule has 1 aliphatic heterocycles. The molecule has 1 aromatic rings. The first-order valence-electron chi connectivity index (χ1n) is 5.10. The molecule has 1 aromatic carbocycles. The highest BCUT2D eigenvalue weighted by Crippen LogP contribution is 2.27. The minimum absolute atomic E-state index is 0.0407. The lowest BCUT2D eigenvalue weighted by Gasteiger charge is -2.11. The first kappa shape index (κ1) is 11.6. The van der Waals surface area contributed by atoms with Crippen LogP contribution in [0.25, 0.3) is 0 Å². The van der Waals surface area contributed by atoms with E-state index < -0.39 is 0 Å². The van der Waals surface area contributed by atoms with Crippen LogP contribution in [0.2, 0.25) is 5.02 Å². The van der Waals surface area contributed by atoms with Gasteiger partial charge in [0.25, 0.3) is 0 Å². The largest absolute Gasteiger partial charge is 0.397 e. The van der Waals surface area contributed by atoms with Crippen LogP contribution < -0.4 is 11.1 Å². The Morgan fingerprint density at radius 2 is 2.38 bits per heavy atom. The van der Waals surface area contributed by atoms with Crippen LogP contribution in [0.4, 0.5) is 11.4 Å². The van der Waals surface area contributed by atoms with Crippen LogP contribution in [0.3, 0.4) is 0 Å². The van der Waals surface area contributed by atoms with Crippen LogP contribution in [-0.4, -0.2) is 17.4 Å². The average molecular weight is 257 g/mol. The van der Waals surface area contributed by atoms with E-state index in [1.165, 1.54) is 0 Å². The molecule has 1 fully saturated rings. The number of carbonyl (C=O) groups is 1. The quantitative estimate of drug-likeness (QED) is 0.800. The molecule has 1 aliphatic rings. The Labute approximate surface area is 104 Å². The Balaban J connectivity index is 2.07. The fourth-order valence-electron chi connectivity index (χ4n) is 1.61. The maximum absolute atomic E-state index is 11.9. The van der Waals surface area contributed by atoms with Gasteiger partial charge in [-0.1, -0.05) is 11.6 Å².